The number of fused-ring (bicyclic) bond motifs is 1. The number of imidazole rings is 1. The molecule has 0 aliphatic heterocycles. The predicted molar refractivity (Wildman–Crippen MR) is 81.7 cm³/mol. The van der Waals surface area contributed by atoms with Crippen LogP contribution in [-0.2, 0) is 0 Å². The SMILES string of the molecule is CCC(CSC)n1c(C(C)Cl)nc2cc(F)ccc21. The van der Waals surface area contributed by atoms with Gasteiger partial charge in [-0.3, -0.25) is 0 Å². The van der Waals surface area contributed by atoms with Gasteiger partial charge in [-0.05, 0) is 31.7 Å². The molecule has 0 amide bonds. The number of benzene rings is 1. The van der Waals surface area contributed by atoms with E-state index in [2.05, 4.69) is 22.7 Å². The maximum absolute atomic E-state index is 13.3. The molecule has 104 valence electrons. The zero-order valence-corrected chi connectivity index (χ0v) is 12.9. The van der Waals surface area contributed by atoms with Gasteiger partial charge in [-0.15, -0.1) is 11.6 Å². The van der Waals surface area contributed by atoms with E-state index in [4.69, 9.17) is 11.6 Å². The first-order chi connectivity index (χ1) is 9.08. The van der Waals surface area contributed by atoms with Gasteiger partial charge in [0.1, 0.15) is 11.6 Å². The highest BCUT2D eigenvalue weighted by Gasteiger charge is 2.20. The fraction of sp³-hybridized carbons (Fsp3) is 0.500. The van der Waals surface area contributed by atoms with Gasteiger partial charge in [0, 0.05) is 17.9 Å². The van der Waals surface area contributed by atoms with Crippen molar-refractivity contribution in [3.63, 3.8) is 0 Å². The van der Waals surface area contributed by atoms with Crippen LogP contribution in [0.15, 0.2) is 18.2 Å². The molecule has 2 atom stereocenters. The Kier molecular flexibility index (Phi) is 4.74. The molecule has 2 rings (SSSR count). The molecule has 0 saturated heterocycles. The zero-order chi connectivity index (χ0) is 14.0. The summed E-state index contributed by atoms with van der Waals surface area (Å²) in [7, 11) is 0. The molecule has 0 aliphatic carbocycles. The molecular weight excluding hydrogens is 283 g/mol. The average Bonchev–Trinajstić information content (AvgIpc) is 2.74. The van der Waals surface area contributed by atoms with E-state index < -0.39 is 0 Å². The Morgan fingerprint density at radius 1 is 1.47 bits per heavy atom. The first-order valence-corrected chi connectivity index (χ1v) is 8.21. The Morgan fingerprint density at radius 2 is 2.21 bits per heavy atom. The van der Waals surface area contributed by atoms with Crippen LogP contribution in [0.25, 0.3) is 11.0 Å². The first-order valence-electron chi connectivity index (χ1n) is 6.38. The van der Waals surface area contributed by atoms with Gasteiger partial charge in [0.05, 0.1) is 16.4 Å². The maximum Gasteiger partial charge on any atom is 0.128 e. The number of halogens is 2. The third-order valence-corrected chi connectivity index (χ3v) is 4.14. The van der Waals surface area contributed by atoms with E-state index in [-0.39, 0.29) is 11.2 Å². The molecule has 0 fully saturated rings. The molecule has 1 aromatic heterocycles. The number of thioether (sulfide) groups is 1. The van der Waals surface area contributed by atoms with Crippen molar-refractivity contribution >= 4 is 34.4 Å². The lowest BCUT2D eigenvalue weighted by molar-refractivity contribution is 0.530. The number of alkyl halides is 1. The molecule has 2 unspecified atom stereocenters. The van der Waals surface area contributed by atoms with Gasteiger partial charge in [-0.25, -0.2) is 9.37 Å². The van der Waals surface area contributed by atoms with Gasteiger partial charge in [-0.2, -0.15) is 11.8 Å². The second-order valence-electron chi connectivity index (χ2n) is 4.61. The molecule has 1 aromatic carbocycles. The Balaban J connectivity index is 2.63. The van der Waals surface area contributed by atoms with Crippen molar-refractivity contribution in [3.05, 3.63) is 29.8 Å². The van der Waals surface area contributed by atoms with Crippen LogP contribution in [0.1, 0.15) is 37.5 Å². The van der Waals surface area contributed by atoms with Crippen LogP contribution in [0.2, 0.25) is 0 Å². The second-order valence-corrected chi connectivity index (χ2v) is 6.17. The Hall–Kier alpha value is -0.740. The van der Waals surface area contributed by atoms with Gasteiger partial charge in [0.15, 0.2) is 0 Å². The first kappa shape index (κ1) is 14.7. The standard InChI is InChI=1S/C14H18ClFN2S/c1-4-11(8-19-3)18-13-6-5-10(16)7-12(13)17-14(18)9(2)15/h5-7,9,11H,4,8H2,1-3H3. The van der Waals surface area contributed by atoms with Crippen molar-refractivity contribution in [3.8, 4) is 0 Å². The van der Waals surface area contributed by atoms with Gasteiger partial charge < -0.3 is 4.57 Å². The van der Waals surface area contributed by atoms with Crippen molar-refractivity contribution in [2.45, 2.75) is 31.7 Å². The molecule has 1 heterocycles. The molecule has 0 bridgehead atoms. The molecule has 5 heteroatoms. The summed E-state index contributed by atoms with van der Waals surface area (Å²) in [6.07, 6.45) is 3.09. The van der Waals surface area contributed by atoms with Crippen LogP contribution in [0, 0.1) is 5.82 Å². The second kappa shape index (κ2) is 6.14. The lowest BCUT2D eigenvalue weighted by Gasteiger charge is -2.20. The van der Waals surface area contributed by atoms with Gasteiger partial charge in [-0.1, -0.05) is 6.92 Å². The zero-order valence-electron chi connectivity index (χ0n) is 11.4. The van der Waals surface area contributed by atoms with E-state index >= 15 is 0 Å². The predicted octanol–water partition coefficient (Wildman–Crippen LogP) is 4.79. The van der Waals surface area contributed by atoms with Crippen LogP contribution < -0.4 is 0 Å². The van der Waals surface area contributed by atoms with Crippen LogP contribution in [-0.4, -0.2) is 21.6 Å². The number of hydrogen-bond acceptors (Lipinski definition) is 2. The largest absolute Gasteiger partial charge is 0.323 e. The van der Waals surface area contributed by atoms with Gasteiger partial charge in [0.25, 0.3) is 0 Å². The highest BCUT2D eigenvalue weighted by Crippen LogP contribution is 2.30. The molecule has 19 heavy (non-hydrogen) atoms. The number of rotatable bonds is 5. The number of aromatic nitrogens is 2. The fourth-order valence-corrected chi connectivity index (χ4v) is 3.25. The van der Waals surface area contributed by atoms with Crippen LogP contribution in [0.4, 0.5) is 4.39 Å². The Morgan fingerprint density at radius 3 is 2.79 bits per heavy atom. The summed E-state index contributed by atoms with van der Waals surface area (Å²) >= 11 is 8.04. The Bertz CT molecular complexity index is 568. The lowest BCUT2D eigenvalue weighted by Crippen LogP contribution is -2.14. The number of nitrogens with zero attached hydrogens (tertiary/aromatic N) is 2. The molecule has 2 aromatic rings. The van der Waals surface area contributed by atoms with Gasteiger partial charge >= 0.3 is 0 Å². The van der Waals surface area contributed by atoms with Gasteiger partial charge in [0.2, 0.25) is 0 Å². The third-order valence-electron chi connectivity index (χ3n) is 3.23. The fourth-order valence-electron chi connectivity index (χ4n) is 2.32. The normalized spacial score (nSPS) is 14.8. The highest BCUT2D eigenvalue weighted by molar-refractivity contribution is 7.98. The quantitative estimate of drug-likeness (QED) is 0.739. The summed E-state index contributed by atoms with van der Waals surface area (Å²) in [5.74, 6) is 1.56. The van der Waals surface area contributed by atoms with E-state index in [9.17, 15) is 4.39 Å². The van der Waals surface area contributed by atoms with E-state index in [1.165, 1.54) is 12.1 Å². The molecular formula is C14H18ClFN2S. The maximum atomic E-state index is 13.3. The van der Waals surface area contributed by atoms with E-state index in [1.807, 2.05) is 6.92 Å². The monoisotopic (exact) mass is 300 g/mol. The topological polar surface area (TPSA) is 17.8 Å². The van der Waals surface area contributed by atoms with Crippen molar-refractivity contribution in [2.75, 3.05) is 12.0 Å². The summed E-state index contributed by atoms with van der Waals surface area (Å²) in [6.45, 7) is 4.06. The third kappa shape index (κ3) is 2.90. The summed E-state index contributed by atoms with van der Waals surface area (Å²) in [6, 6.07) is 5.08. The summed E-state index contributed by atoms with van der Waals surface area (Å²) in [4.78, 5) is 4.51. The van der Waals surface area contributed by atoms with Crippen molar-refractivity contribution in [1.82, 2.24) is 9.55 Å². The minimum absolute atomic E-state index is 0.189. The summed E-state index contributed by atoms with van der Waals surface area (Å²) < 4.78 is 15.5. The van der Waals surface area contributed by atoms with Crippen LogP contribution in [0.3, 0.4) is 0 Å². The van der Waals surface area contributed by atoms with Crippen molar-refractivity contribution in [2.24, 2.45) is 0 Å². The molecule has 2 nitrogen and oxygen atoms in total. The van der Waals surface area contributed by atoms with Crippen molar-refractivity contribution in [1.29, 1.82) is 0 Å². The van der Waals surface area contributed by atoms with Crippen LogP contribution >= 0.6 is 23.4 Å². The Labute approximate surface area is 122 Å². The lowest BCUT2D eigenvalue weighted by atomic mass is 10.2. The van der Waals surface area contributed by atoms with E-state index in [0.29, 0.717) is 11.6 Å². The smallest absolute Gasteiger partial charge is 0.128 e. The molecule has 0 aliphatic rings. The summed E-state index contributed by atoms with van der Waals surface area (Å²) in [5, 5.41) is -0.189. The average molecular weight is 301 g/mol. The minimum atomic E-state index is -0.260. The minimum Gasteiger partial charge on any atom is -0.323 e. The van der Waals surface area contributed by atoms with Crippen LogP contribution in [0.5, 0.6) is 0 Å². The molecule has 0 N–H and O–H groups in total. The van der Waals surface area contributed by atoms with E-state index in [0.717, 1.165) is 23.5 Å². The molecule has 0 saturated carbocycles. The highest BCUT2D eigenvalue weighted by atomic mass is 35.5. The van der Waals surface area contributed by atoms with E-state index in [1.54, 1.807) is 17.8 Å². The van der Waals surface area contributed by atoms with Crippen molar-refractivity contribution < 1.29 is 4.39 Å². The summed E-state index contributed by atoms with van der Waals surface area (Å²) in [5.41, 5.74) is 1.65. The molecule has 0 spiro atoms. The molecule has 0 radical (unpaired) electrons. The number of hydrogen-bond donors (Lipinski definition) is 0.